The molecule has 2 aliphatic rings. The predicted octanol–water partition coefficient (Wildman–Crippen LogP) is 3.23. The van der Waals surface area contributed by atoms with Crippen LogP contribution in [0.15, 0.2) is 18.2 Å². The number of ether oxygens (including phenoxy) is 1. The maximum atomic E-state index is 12.8. The number of benzene rings is 1. The molecule has 0 aliphatic carbocycles. The number of hydrogen-bond acceptors (Lipinski definition) is 3. The van der Waals surface area contributed by atoms with Crippen LogP contribution < -0.4 is 5.32 Å². The number of carbonyl (C=O) groups excluding carboxylic acids is 2. The van der Waals surface area contributed by atoms with E-state index in [0.717, 1.165) is 37.9 Å². The van der Waals surface area contributed by atoms with Crippen molar-refractivity contribution in [3.63, 3.8) is 0 Å². The van der Waals surface area contributed by atoms with Crippen molar-refractivity contribution in [3.05, 3.63) is 29.3 Å². The Balaban J connectivity index is 1.82. The number of carbonyl (C=O) groups is 2. The lowest BCUT2D eigenvalue weighted by Crippen LogP contribution is -2.36. The Kier molecular flexibility index (Phi) is 5.42. The first kappa shape index (κ1) is 17.9. The average molecular weight is 344 g/mol. The van der Waals surface area contributed by atoms with Crippen molar-refractivity contribution in [1.29, 1.82) is 0 Å². The van der Waals surface area contributed by atoms with E-state index in [-0.39, 0.29) is 17.7 Å². The van der Waals surface area contributed by atoms with Crippen LogP contribution in [0, 0.1) is 18.8 Å². The lowest BCUT2D eigenvalue weighted by atomic mass is 9.89. The summed E-state index contributed by atoms with van der Waals surface area (Å²) >= 11 is 0. The Labute approximate surface area is 149 Å². The Morgan fingerprint density at radius 1 is 1.24 bits per heavy atom. The molecule has 1 aromatic carbocycles. The molecule has 136 valence electrons. The van der Waals surface area contributed by atoms with E-state index in [2.05, 4.69) is 19.2 Å². The number of para-hydroxylation sites is 1. The minimum absolute atomic E-state index is 0.00394. The summed E-state index contributed by atoms with van der Waals surface area (Å²) in [7, 11) is 0. The van der Waals surface area contributed by atoms with Gasteiger partial charge in [-0.2, -0.15) is 0 Å². The molecule has 0 aromatic heterocycles. The van der Waals surface area contributed by atoms with Gasteiger partial charge in [0.15, 0.2) is 0 Å². The lowest BCUT2D eigenvalue weighted by molar-refractivity contribution is -0.127. The number of aryl methyl sites for hydroxylation is 1. The Morgan fingerprint density at radius 2 is 1.96 bits per heavy atom. The molecule has 2 saturated heterocycles. The molecule has 25 heavy (non-hydrogen) atoms. The Bertz CT molecular complexity index is 650. The second-order valence-electron chi connectivity index (χ2n) is 7.47. The summed E-state index contributed by atoms with van der Waals surface area (Å²) in [6.07, 6.45) is 2.56. The van der Waals surface area contributed by atoms with Gasteiger partial charge in [-0.05, 0) is 49.7 Å². The molecule has 0 unspecified atom stereocenters. The summed E-state index contributed by atoms with van der Waals surface area (Å²) in [5.41, 5.74) is 2.11. The molecular formula is C20H28N2O3. The van der Waals surface area contributed by atoms with E-state index in [1.165, 1.54) is 0 Å². The van der Waals surface area contributed by atoms with Crippen LogP contribution in [-0.4, -0.2) is 42.5 Å². The number of amides is 2. The van der Waals surface area contributed by atoms with Crippen molar-refractivity contribution < 1.29 is 14.3 Å². The lowest BCUT2D eigenvalue weighted by Gasteiger charge is -2.23. The number of likely N-dealkylation sites (tertiary alicyclic amines) is 1. The van der Waals surface area contributed by atoms with Crippen molar-refractivity contribution in [3.8, 4) is 0 Å². The third-order valence-corrected chi connectivity index (χ3v) is 5.40. The van der Waals surface area contributed by atoms with Gasteiger partial charge >= 0.3 is 0 Å². The van der Waals surface area contributed by atoms with Gasteiger partial charge in [0.2, 0.25) is 0 Å². The number of nitrogens with zero attached hydrogens (tertiary/aromatic N) is 1. The van der Waals surface area contributed by atoms with Gasteiger partial charge in [0, 0.05) is 19.7 Å². The van der Waals surface area contributed by atoms with Gasteiger partial charge in [-0.1, -0.05) is 26.0 Å². The smallest absolute Gasteiger partial charge is 0.255 e. The molecule has 0 bridgehead atoms. The topological polar surface area (TPSA) is 58.6 Å². The van der Waals surface area contributed by atoms with E-state index in [0.29, 0.717) is 23.8 Å². The van der Waals surface area contributed by atoms with Crippen LogP contribution in [0.5, 0.6) is 0 Å². The molecule has 2 aliphatic heterocycles. The molecule has 0 radical (unpaired) electrons. The number of rotatable bonds is 4. The highest BCUT2D eigenvalue weighted by atomic mass is 16.5. The first-order valence-corrected chi connectivity index (χ1v) is 9.30. The SMILES string of the molecule is Cc1cccc(C(=O)N2CCCC2)c1NC(=O)[C@@H]1OCC[C@@H]1C(C)C. The van der Waals surface area contributed by atoms with Crippen molar-refractivity contribution in [1.82, 2.24) is 4.90 Å². The zero-order valence-corrected chi connectivity index (χ0v) is 15.4. The molecule has 2 fully saturated rings. The van der Waals surface area contributed by atoms with Crippen LogP contribution >= 0.6 is 0 Å². The zero-order chi connectivity index (χ0) is 18.0. The second kappa shape index (κ2) is 7.56. The normalized spacial score (nSPS) is 23.3. The molecule has 0 spiro atoms. The van der Waals surface area contributed by atoms with E-state index >= 15 is 0 Å². The Morgan fingerprint density at radius 3 is 2.64 bits per heavy atom. The molecule has 1 N–H and O–H groups in total. The molecule has 3 rings (SSSR count). The van der Waals surface area contributed by atoms with Crippen molar-refractivity contribution >= 4 is 17.5 Å². The van der Waals surface area contributed by atoms with Crippen LogP contribution in [0.3, 0.4) is 0 Å². The molecule has 1 aromatic rings. The van der Waals surface area contributed by atoms with E-state index in [9.17, 15) is 9.59 Å². The highest BCUT2D eigenvalue weighted by Gasteiger charge is 2.36. The summed E-state index contributed by atoms with van der Waals surface area (Å²) in [5.74, 6) is 0.479. The van der Waals surface area contributed by atoms with Gasteiger partial charge < -0.3 is 15.0 Å². The summed E-state index contributed by atoms with van der Waals surface area (Å²) in [4.78, 5) is 27.5. The molecule has 0 saturated carbocycles. The minimum atomic E-state index is -0.436. The zero-order valence-electron chi connectivity index (χ0n) is 15.4. The molecular weight excluding hydrogens is 316 g/mol. The summed E-state index contributed by atoms with van der Waals surface area (Å²) < 4.78 is 5.69. The van der Waals surface area contributed by atoms with Crippen LogP contribution in [0.4, 0.5) is 5.69 Å². The van der Waals surface area contributed by atoms with Crippen LogP contribution in [-0.2, 0) is 9.53 Å². The fourth-order valence-corrected chi connectivity index (χ4v) is 3.86. The highest BCUT2D eigenvalue weighted by molar-refractivity contribution is 6.05. The van der Waals surface area contributed by atoms with E-state index in [4.69, 9.17) is 4.74 Å². The highest BCUT2D eigenvalue weighted by Crippen LogP contribution is 2.30. The van der Waals surface area contributed by atoms with Crippen molar-refractivity contribution in [2.75, 3.05) is 25.0 Å². The van der Waals surface area contributed by atoms with E-state index in [1.54, 1.807) is 6.07 Å². The van der Waals surface area contributed by atoms with Crippen LogP contribution in [0.25, 0.3) is 0 Å². The third kappa shape index (κ3) is 3.71. The molecule has 5 heteroatoms. The summed E-state index contributed by atoms with van der Waals surface area (Å²) in [6, 6.07) is 5.60. The average Bonchev–Trinajstić information content (AvgIpc) is 3.27. The Hall–Kier alpha value is -1.88. The first-order chi connectivity index (χ1) is 12.0. The first-order valence-electron chi connectivity index (χ1n) is 9.30. The van der Waals surface area contributed by atoms with Gasteiger partial charge in [-0.3, -0.25) is 9.59 Å². The van der Waals surface area contributed by atoms with Crippen LogP contribution in [0.1, 0.15) is 49.0 Å². The summed E-state index contributed by atoms with van der Waals surface area (Å²) in [5, 5.41) is 3.00. The molecule has 2 heterocycles. The second-order valence-corrected chi connectivity index (χ2v) is 7.47. The standard InChI is InChI=1S/C20H28N2O3/c1-13(2)15-9-12-25-18(15)19(23)21-17-14(3)7-6-8-16(17)20(24)22-10-4-5-11-22/h6-8,13,15,18H,4-5,9-12H2,1-3H3,(H,21,23)/t15-,18-/m1/s1. The van der Waals surface area contributed by atoms with Gasteiger partial charge in [0.1, 0.15) is 6.10 Å². The molecule has 5 nitrogen and oxygen atoms in total. The van der Waals surface area contributed by atoms with Gasteiger partial charge in [-0.15, -0.1) is 0 Å². The molecule has 2 atom stereocenters. The monoisotopic (exact) mass is 344 g/mol. The predicted molar refractivity (Wildman–Crippen MR) is 97.6 cm³/mol. The molecule has 2 amide bonds. The maximum absolute atomic E-state index is 12.8. The van der Waals surface area contributed by atoms with Crippen molar-refractivity contribution in [2.24, 2.45) is 11.8 Å². The maximum Gasteiger partial charge on any atom is 0.255 e. The van der Waals surface area contributed by atoms with Crippen molar-refractivity contribution in [2.45, 2.75) is 46.1 Å². The fraction of sp³-hybridized carbons (Fsp3) is 0.600. The van der Waals surface area contributed by atoms with E-state index in [1.807, 2.05) is 24.0 Å². The fourth-order valence-electron chi connectivity index (χ4n) is 3.86. The summed E-state index contributed by atoms with van der Waals surface area (Å²) in [6.45, 7) is 8.37. The quantitative estimate of drug-likeness (QED) is 0.912. The minimum Gasteiger partial charge on any atom is -0.368 e. The number of hydrogen-bond donors (Lipinski definition) is 1. The van der Waals surface area contributed by atoms with Crippen LogP contribution in [0.2, 0.25) is 0 Å². The van der Waals surface area contributed by atoms with E-state index < -0.39 is 6.10 Å². The number of anilines is 1. The van der Waals surface area contributed by atoms with Gasteiger partial charge in [0.25, 0.3) is 11.8 Å². The third-order valence-electron chi connectivity index (χ3n) is 5.40. The number of nitrogens with one attached hydrogen (secondary N) is 1. The van der Waals surface area contributed by atoms with Gasteiger partial charge in [0.05, 0.1) is 11.3 Å². The van der Waals surface area contributed by atoms with Gasteiger partial charge in [-0.25, -0.2) is 0 Å². The largest absolute Gasteiger partial charge is 0.368 e.